The maximum Gasteiger partial charge on any atom is 0.341 e. The zero-order valence-electron chi connectivity index (χ0n) is 24.9. The van der Waals surface area contributed by atoms with Gasteiger partial charge in [0.15, 0.2) is 11.6 Å². The third-order valence-corrected chi connectivity index (χ3v) is 6.62. The van der Waals surface area contributed by atoms with Crippen molar-refractivity contribution in [3.05, 3.63) is 72.1 Å². The zero-order chi connectivity index (χ0) is 31.4. The van der Waals surface area contributed by atoms with Crippen LogP contribution in [0.15, 0.2) is 49.1 Å². The number of nitrogens with zero attached hydrogens (tertiary/aromatic N) is 8. The standard InChI is InChI=1S/C30H31F2N9O3/c1-6-43-28(42)20-13-35-30(36-14-20)40(5)9-10-44-21-7-8-25(33-15-21)38-29-34-16-23(32)26(39-29)19-11-22(31)27-24(12-19)41(17(2)3)18(4)37-27/h7-8,11-17H,6,9-10H2,1-5H3,(H,33,34,38,39). The summed E-state index contributed by atoms with van der Waals surface area (Å²) in [5.74, 6) is 0.382. The molecule has 4 aromatic heterocycles. The molecule has 0 saturated heterocycles. The molecular formula is C30H31F2N9O3. The third kappa shape index (κ3) is 6.53. The number of halogens is 2. The summed E-state index contributed by atoms with van der Waals surface area (Å²) in [5, 5.41) is 2.95. The minimum absolute atomic E-state index is 0.0338. The van der Waals surface area contributed by atoms with Crippen LogP contribution < -0.4 is 15.0 Å². The Morgan fingerprint density at radius 1 is 1.02 bits per heavy atom. The van der Waals surface area contributed by atoms with Crippen LogP contribution in [0.1, 0.15) is 43.0 Å². The molecule has 1 aromatic carbocycles. The van der Waals surface area contributed by atoms with E-state index in [-0.39, 0.29) is 40.9 Å². The van der Waals surface area contributed by atoms with E-state index in [2.05, 4.69) is 35.2 Å². The fraction of sp³-hybridized carbons (Fsp3) is 0.300. The van der Waals surface area contributed by atoms with Gasteiger partial charge in [-0.1, -0.05) is 0 Å². The molecule has 12 nitrogen and oxygen atoms in total. The molecule has 0 radical (unpaired) electrons. The molecule has 228 valence electrons. The largest absolute Gasteiger partial charge is 0.490 e. The van der Waals surface area contributed by atoms with Crippen molar-refractivity contribution >= 4 is 34.7 Å². The number of nitrogens with one attached hydrogen (secondary N) is 1. The third-order valence-electron chi connectivity index (χ3n) is 6.62. The first kappa shape index (κ1) is 30.2. The second-order valence-electron chi connectivity index (χ2n) is 10.1. The average molecular weight is 604 g/mol. The van der Waals surface area contributed by atoms with E-state index in [1.165, 1.54) is 24.7 Å². The van der Waals surface area contributed by atoms with Crippen molar-refractivity contribution in [1.82, 2.24) is 34.5 Å². The lowest BCUT2D eigenvalue weighted by atomic mass is 10.1. The maximum absolute atomic E-state index is 15.0. The van der Waals surface area contributed by atoms with Crippen LogP contribution in [-0.4, -0.2) is 67.2 Å². The number of benzene rings is 1. The number of ether oxygens (including phenoxy) is 2. The van der Waals surface area contributed by atoms with Crippen LogP contribution in [0.4, 0.5) is 26.5 Å². The first-order chi connectivity index (χ1) is 21.1. The van der Waals surface area contributed by atoms with Gasteiger partial charge in [-0.05, 0) is 52.0 Å². The molecule has 5 rings (SSSR count). The second-order valence-corrected chi connectivity index (χ2v) is 10.1. The summed E-state index contributed by atoms with van der Waals surface area (Å²) in [6.07, 6.45) is 5.39. The van der Waals surface area contributed by atoms with E-state index >= 15 is 0 Å². The Labute approximate surface area is 252 Å². The summed E-state index contributed by atoms with van der Waals surface area (Å²) in [7, 11) is 1.80. The van der Waals surface area contributed by atoms with E-state index in [4.69, 9.17) is 9.47 Å². The minimum Gasteiger partial charge on any atom is -0.490 e. The lowest BCUT2D eigenvalue weighted by molar-refractivity contribution is 0.0525. The first-order valence-corrected chi connectivity index (χ1v) is 13.9. The lowest BCUT2D eigenvalue weighted by Gasteiger charge is -2.17. The van der Waals surface area contributed by atoms with Crippen LogP contribution in [0, 0.1) is 18.6 Å². The van der Waals surface area contributed by atoms with Gasteiger partial charge in [0.2, 0.25) is 11.9 Å². The van der Waals surface area contributed by atoms with E-state index in [9.17, 15) is 13.6 Å². The highest BCUT2D eigenvalue weighted by atomic mass is 19.1. The zero-order valence-corrected chi connectivity index (χ0v) is 24.9. The van der Waals surface area contributed by atoms with Gasteiger partial charge in [0.25, 0.3) is 0 Å². The molecule has 1 N–H and O–H groups in total. The van der Waals surface area contributed by atoms with E-state index in [1.54, 1.807) is 44.0 Å². The molecule has 0 bridgehead atoms. The fourth-order valence-electron chi connectivity index (χ4n) is 4.58. The highest BCUT2D eigenvalue weighted by molar-refractivity contribution is 5.88. The quantitative estimate of drug-likeness (QED) is 0.198. The normalized spacial score (nSPS) is 11.2. The number of imidazole rings is 1. The van der Waals surface area contributed by atoms with Gasteiger partial charge in [0.05, 0.1) is 36.6 Å². The Morgan fingerprint density at radius 3 is 2.48 bits per heavy atom. The Bertz CT molecular complexity index is 1780. The first-order valence-electron chi connectivity index (χ1n) is 13.9. The van der Waals surface area contributed by atoms with Crippen molar-refractivity contribution < 1.29 is 23.0 Å². The predicted octanol–water partition coefficient (Wildman–Crippen LogP) is 5.28. The molecule has 0 spiro atoms. The lowest BCUT2D eigenvalue weighted by Crippen LogP contribution is -2.25. The van der Waals surface area contributed by atoms with Crippen molar-refractivity contribution in [3.8, 4) is 17.0 Å². The van der Waals surface area contributed by atoms with E-state index < -0.39 is 17.6 Å². The number of carbonyl (C=O) groups is 1. The molecule has 4 heterocycles. The number of esters is 1. The number of anilines is 3. The van der Waals surface area contributed by atoms with Gasteiger partial charge in [0.1, 0.15) is 35.2 Å². The van der Waals surface area contributed by atoms with Gasteiger partial charge in [-0.3, -0.25) is 0 Å². The molecule has 5 aromatic rings. The van der Waals surface area contributed by atoms with Crippen molar-refractivity contribution in [2.45, 2.75) is 33.7 Å². The highest BCUT2D eigenvalue weighted by Gasteiger charge is 2.18. The Morgan fingerprint density at radius 2 is 1.80 bits per heavy atom. The van der Waals surface area contributed by atoms with Crippen LogP contribution in [-0.2, 0) is 4.74 Å². The van der Waals surface area contributed by atoms with Crippen LogP contribution in [0.5, 0.6) is 5.75 Å². The molecule has 0 amide bonds. The fourth-order valence-corrected chi connectivity index (χ4v) is 4.58. The number of fused-ring (bicyclic) bond motifs is 1. The Balaban J connectivity index is 1.22. The minimum atomic E-state index is -0.691. The van der Waals surface area contributed by atoms with E-state index in [1.807, 2.05) is 18.4 Å². The topological polar surface area (TPSA) is 133 Å². The smallest absolute Gasteiger partial charge is 0.341 e. The number of carbonyl (C=O) groups excluding carboxylic acids is 1. The number of hydrogen-bond donors (Lipinski definition) is 1. The molecule has 0 aliphatic carbocycles. The average Bonchev–Trinajstić information content (AvgIpc) is 3.35. The highest BCUT2D eigenvalue weighted by Crippen LogP contribution is 2.30. The molecule has 14 heteroatoms. The summed E-state index contributed by atoms with van der Waals surface area (Å²) in [4.78, 5) is 38.9. The van der Waals surface area contributed by atoms with Gasteiger partial charge in [0, 0.05) is 31.0 Å². The van der Waals surface area contributed by atoms with Gasteiger partial charge in [-0.15, -0.1) is 0 Å². The van der Waals surface area contributed by atoms with Gasteiger partial charge in [-0.2, -0.15) is 0 Å². The van der Waals surface area contributed by atoms with E-state index in [0.29, 0.717) is 42.0 Å². The molecule has 0 aliphatic rings. The summed E-state index contributed by atoms with van der Waals surface area (Å²) in [5.41, 5.74) is 1.28. The molecule has 0 fully saturated rings. The van der Waals surface area contributed by atoms with E-state index in [0.717, 1.165) is 6.20 Å². The van der Waals surface area contributed by atoms with Crippen LogP contribution in [0.3, 0.4) is 0 Å². The molecular weight excluding hydrogens is 572 g/mol. The van der Waals surface area contributed by atoms with Gasteiger partial charge >= 0.3 is 5.97 Å². The maximum atomic E-state index is 15.0. The molecule has 0 aliphatic heterocycles. The number of pyridine rings is 1. The number of likely N-dealkylation sites (N-methyl/N-ethyl adjacent to an activating group) is 1. The summed E-state index contributed by atoms with van der Waals surface area (Å²) in [6.45, 7) is 8.53. The number of aromatic nitrogens is 7. The van der Waals surface area contributed by atoms with Crippen molar-refractivity contribution in [2.24, 2.45) is 0 Å². The molecule has 0 atom stereocenters. The molecule has 0 saturated carbocycles. The number of hydrogen-bond acceptors (Lipinski definition) is 11. The van der Waals surface area contributed by atoms with Crippen LogP contribution in [0.25, 0.3) is 22.3 Å². The molecule has 44 heavy (non-hydrogen) atoms. The number of aryl methyl sites for hydroxylation is 1. The summed E-state index contributed by atoms with van der Waals surface area (Å²) >= 11 is 0. The van der Waals surface area contributed by atoms with Crippen molar-refractivity contribution in [2.75, 3.05) is 37.0 Å². The predicted molar refractivity (Wildman–Crippen MR) is 160 cm³/mol. The Kier molecular flexibility index (Phi) is 8.88. The van der Waals surface area contributed by atoms with Gasteiger partial charge in [-0.25, -0.2) is 43.5 Å². The van der Waals surface area contributed by atoms with Crippen LogP contribution >= 0.6 is 0 Å². The second kappa shape index (κ2) is 12.9. The van der Waals surface area contributed by atoms with Crippen molar-refractivity contribution in [3.63, 3.8) is 0 Å². The van der Waals surface area contributed by atoms with Crippen molar-refractivity contribution in [1.29, 1.82) is 0 Å². The number of rotatable bonds is 11. The molecule has 0 unspecified atom stereocenters. The summed E-state index contributed by atoms with van der Waals surface area (Å²) in [6, 6.07) is 6.31. The summed E-state index contributed by atoms with van der Waals surface area (Å²) < 4.78 is 42.4. The Hall–Kier alpha value is -5.27. The monoisotopic (exact) mass is 603 g/mol. The van der Waals surface area contributed by atoms with Crippen LogP contribution in [0.2, 0.25) is 0 Å². The van der Waals surface area contributed by atoms with Gasteiger partial charge < -0.3 is 24.3 Å². The SMILES string of the molecule is CCOC(=O)c1cnc(N(C)CCOc2ccc(Nc3ncc(F)c(-c4cc(F)c5nc(C)n(C(C)C)c5c4)n3)nc2)nc1.